The van der Waals surface area contributed by atoms with Gasteiger partial charge in [-0.05, 0) is 74.4 Å². The first-order chi connectivity index (χ1) is 27.5. The number of hydrogen-bond donors (Lipinski definition) is 2. The van der Waals surface area contributed by atoms with Crippen molar-refractivity contribution in [3.63, 3.8) is 0 Å². The molecule has 4 aliphatic rings. The van der Waals surface area contributed by atoms with Crippen molar-refractivity contribution in [1.29, 1.82) is 5.26 Å². The highest BCUT2D eigenvalue weighted by molar-refractivity contribution is 7.18. The van der Waals surface area contributed by atoms with Crippen LogP contribution in [-0.2, 0) is 14.3 Å². The third-order valence-electron chi connectivity index (χ3n) is 10.9. The number of aromatic nitrogens is 6. The van der Waals surface area contributed by atoms with E-state index in [4.69, 9.17) is 9.72 Å². The number of nitrogens with zero attached hydrogens (tertiary/aromatic N) is 10. The van der Waals surface area contributed by atoms with Crippen LogP contribution in [-0.4, -0.2) is 112 Å². The quantitative estimate of drug-likeness (QED) is 0.210. The second-order valence-electron chi connectivity index (χ2n) is 14.7. The van der Waals surface area contributed by atoms with E-state index < -0.39 is 0 Å². The Balaban J connectivity index is 0.000000493. The molecular weight excluding hydrogens is 729 g/mol. The Kier molecular flexibility index (Phi) is 11.7. The Morgan fingerprint density at radius 3 is 2.41 bits per heavy atom. The van der Waals surface area contributed by atoms with Crippen molar-refractivity contribution in [2.75, 3.05) is 74.1 Å². The van der Waals surface area contributed by atoms with Crippen molar-refractivity contribution in [1.82, 2.24) is 40.0 Å². The van der Waals surface area contributed by atoms with Gasteiger partial charge in [-0.25, -0.2) is 9.50 Å². The lowest BCUT2D eigenvalue weighted by Gasteiger charge is -2.39. The molecule has 0 unspecified atom stereocenters. The van der Waals surface area contributed by atoms with Gasteiger partial charge >= 0.3 is 0 Å². The van der Waals surface area contributed by atoms with E-state index in [1.54, 1.807) is 17.5 Å². The summed E-state index contributed by atoms with van der Waals surface area (Å²) in [6.07, 6.45) is 11.4. The lowest BCUT2D eigenvalue weighted by Crippen LogP contribution is -2.49. The summed E-state index contributed by atoms with van der Waals surface area (Å²) in [5.74, 6) is 1.56. The maximum atomic E-state index is 10.3. The summed E-state index contributed by atoms with van der Waals surface area (Å²) in [5.41, 5.74) is 4.99. The predicted molar refractivity (Wildman–Crippen MR) is 214 cm³/mol. The van der Waals surface area contributed by atoms with Crippen LogP contribution in [0.4, 0.5) is 16.6 Å². The average Bonchev–Trinajstić information content (AvgIpc) is 3.90. The molecule has 0 radical (unpaired) electrons. The fourth-order valence-electron chi connectivity index (χ4n) is 7.72. The first-order valence-corrected chi connectivity index (χ1v) is 20.3. The van der Waals surface area contributed by atoms with Gasteiger partial charge in [0.1, 0.15) is 11.9 Å². The number of anilines is 3. The molecule has 2 N–H and O–H groups in total. The minimum absolute atomic E-state index is 0.138. The minimum atomic E-state index is -0.138. The summed E-state index contributed by atoms with van der Waals surface area (Å²) in [4.78, 5) is 37.5. The molecule has 0 aromatic carbocycles. The Morgan fingerprint density at radius 1 is 0.893 bits per heavy atom. The van der Waals surface area contributed by atoms with Crippen LogP contribution in [0.15, 0.2) is 61.1 Å². The number of carbonyl (C=O) groups is 2. The molecular formula is C40H46N12O3S. The van der Waals surface area contributed by atoms with Crippen LogP contribution in [0.25, 0.3) is 27.5 Å². The number of fused-ring (bicyclic) bond motifs is 1. The number of hydrogen-bond acceptors (Lipinski definition) is 14. The van der Waals surface area contributed by atoms with Crippen LogP contribution in [0.1, 0.15) is 50.5 Å². The second-order valence-corrected chi connectivity index (χ2v) is 15.6. The number of imide groups is 1. The number of ether oxygens (including phenoxy) is 1. The molecule has 0 aliphatic carbocycles. The molecule has 56 heavy (non-hydrogen) atoms. The van der Waals surface area contributed by atoms with Gasteiger partial charge in [0.2, 0.25) is 16.9 Å². The third kappa shape index (κ3) is 8.96. The van der Waals surface area contributed by atoms with Gasteiger partial charge in [-0.15, -0.1) is 10.2 Å². The van der Waals surface area contributed by atoms with Gasteiger partial charge in [-0.2, -0.15) is 10.4 Å². The molecule has 4 saturated heterocycles. The molecule has 0 bridgehead atoms. The van der Waals surface area contributed by atoms with Gasteiger partial charge in [0.25, 0.3) is 0 Å². The molecule has 0 atom stereocenters. The maximum absolute atomic E-state index is 10.3. The molecule has 4 aliphatic heterocycles. The van der Waals surface area contributed by atoms with Crippen LogP contribution in [0, 0.1) is 17.2 Å². The number of piperidine rings is 2. The Labute approximate surface area is 329 Å². The van der Waals surface area contributed by atoms with Gasteiger partial charge in [0, 0.05) is 96.0 Å². The molecule has 5 aromatic rings. The third-order valence-corrected chi connectivity index (χ3v) is 11.9. The van der Waals surface area contributed by atoms with Gasteiger partial charge < -0.3 is 19.9 Å². The zero-order valence-corrected chi connectivity index (χ0v) is 32.2. The lowest BCUT2D eigenvalue weighted by atomic mass is 9.96. The predicted octanol–water partition coefficient (Wildman–Crippen LogP) is 4.62. The molecule has 5 aromatic heterocycles. The van der Waals surface area contributed by atoms with E-state index in [1.807, 2.05) is 41.2 Å². The second kappa shape index (κ2) is 17.5. The zero-order valence-electron chi connectivity index (χ0n) is 31.3. The number of nitrogens with one attached hydrogen (secondary N) is 2. The number of amides is 2. The lowest BCUT2D eigenvalue weighted by molar-refractivity contribution is -0.132. The normalized spacial score (nSPS) is 18.6. The monoisotopic (exact) mass is 774 g/mol. The molecule has 16 heteroatoms. The van der Waals surface area contributed by atoms with E-state index >= 15 is 0 Å². The first kappa shape index (κ1) is 37.4. The van der Waals surface area contributed by atoms with Gasteiger partial charge in [0.05, 0.1) is 34.2 Å². The van der Waals surface area contributed by atoms with Crippen molar-refractivity contribution in [2.24, 2.45) is 5.92 Å². The molecule has 2 amide bonds. The molecule has 0 saturated carbocycles. The molecule has 9 heterocycles. The van der Waals surface area contributed by atoms with Crippen molar-refractivity contribution < 1.29 is 14.3 Å². The standard InChI is InChI=1S/C35H39N11OS.C5H7NO2/c36-21-26-19-28-4-5-32(46(28)39-22-26)31-20-30(40-27-8-17-47-18-9-27)29(23-38-31)34-41-42-35(48-34)45-15-13-43(14-16-45)24-25-6-11-44(12-7-25)33-3-1-2-10-37-33;7-4-2-1-3-5(8)6-4/h1-5,10,19-20,22-23,25,27H,6-9,11-18,24H2,(H,38,40);1-3H2,(H,6,7,8). The van der Waals surface area contributed by atoms with Crippen molar-refractivity contribution >= 4 is 45.3 Å². The van der Waals surface area contributed by atoms with E-state index in [0.717, 1.165) is 122 Å². The zero-order chi connectivity index (χ0) is 38.3. The summed E-state index contributed by atoms with van der Waals surface area (Å²) in [7, 11) is 0. The van der Waals surface area contributed by atoms with Crippen LogP contribution in [0.5, 0.6) is 0 Å². The molecule has 290 valence electrons. The van der Waals surface area contributed by atoms with E-state index in [0.29, 0.717) is 30.9 Å². The number of carbonyl (C=O) groups excluding carboxylic acids is 2. The van der Waals surface area contributed by atoms with E-state index in [9.17, 15) is 14.9 Å². The van der Waals surface area contributed by atoms with E-state index in [1.165, 1.54) is 12.8 Å². The minimum Gasteiger partial charge on any atom is -0.381 e. The SMILES string of the molecule is N#Cc1cnn2c(-c3cc(NC4CCOCC4)c(-c4nnc(N5CCN(CC6CCN(c7ccccn7)CC6)CC5)s4)cn3)ccc2c1.O=C1CCCC(=O)N1. The summed E-state index contributed by atoms with van der Waals surface area (Å²) >= 11 is 1.63. The molecule has 0 spiro atoms. The number of rotatable bonds is 8. The fraction of sp³-hybridized carbons (Fsp3) is 0.450. The average molecular weight is 775 g/mol. The smallest absolute Gasteiger partial charge is 0.226 e. The Bertz CT molecular complexity index is 2150. The maximum Gasteiger partial charge on any atom is 0.226 e. The Morgan fingerprint density at radius 2 is 1.70 bits per heavy atom. The highest BCUT2D eigenvalue weighted by Gasteiger charge is 2.27. The number of nitriles is 1. The highest BCUT2D eigenvalue weighted by Crippen LogP contribution is 2.37. The first-order valence-electron chi connectivity index (χ1n) is 19.5. The van der Waals surface area contributed by atoms with E-state index in [2.05, 4.69) is 69.9 Å². The van der Waals surface area contributed by atoms with Crippen molar-refractivity contribution in [3.8, 4) is 28.0 Å². The van der Waals surface area contributed by atoms with Crippen molar-refractivity contribution in [2.45, 2.75) is 51.0 Å². The van der Waals surface area contributed by atoms with Crippen LogP contribution in [0.3, 0.4) is 0 Å². The van der Waals surface area contributed by atoms with Crippen LogP contribution >= 0.6 is 11.3 Å². The van der Waals surface area contributed by atoms with Crippen molar-refractivity contribution in [3.05, 3.63) is 66.6 Å². The molecule has 9 rings (SSSR count). The highest BCUT2D eigenvalue weighted by atomic mass is 32.1. The van der Waals surface area contributed by atoms with E-state index in [-0.39, 0.29) is 11.8 Å². The molecule has 15 nitrogen and oxygen atoms in total. The fourth-order valence-corrected chi connectivity index (χ4v) is 8.64. The summed E-state index contributed by atoms with van der Waals surface area (Å²) in [5, 5.41) is 30.9. The largest absolute Gasteiger partial charge is 0.381 e. The molecule has 4 fully saturated rings. The topological polar surface area (TPSA) is 170 Å². The Hall–Kier alpha value is -5.50. The summed E-state index contributed by atoms with van der Waals surface area (Å²) in [6, 6.07) is 16.5. The van der Waals surface area contributed by atoms with Crippen LogP contribution < -0.4 is 20.4 Å². The van der Waals surface area contributed by atoms with Crippen LogP contribution in [0.2, 0.25) is 0 Å². The summed E-state index contributed by atoms with van der Waals surface area (Å²) in [6.45, 7) is 8.81. The summed E-state index contributed by atoms with van der Waals surface area (Å²) < 4.78 is 7.45. The number of pyridine rings is 2. The van der Waals surface area contributed by atoms with Gasteiger partial charge in [-0.3, -0.25) is 24.8 Å². The number of piperazine rings is 1. The van der Waals surface area contributed by atoms with Gasteiger partial charge in [0.15, 0.2) is 5.01 Å². The van der Waals surface area contributed by atoms with Gasteiger partial charge in [-0.1, -0.05) is 17.4 Å².